The fourth-order valence-electron chi connectivity index (χ4n) is 3.93. The number of piperazine rings is 1. The van der Waals surface area contributed by atoms with Crippen LogP contribution in [0.4, 0.5) is 4.79 Å². The van der Waals surface area contributed by atoms with Crippen LogP contribution in [0.1, 0.15) is 46.2 Å². The Kier molecular flexibility index (Phi) is 5.69. The van der Waals surface area contributed by atoms with Gasteiger partial charge in [-0.05, 0) is 57.0 Å². The van der Waals surface area contributed by atoms with Crippen LogP contribution in [-0.2, 0) is 4.74 Å². The normalized spacial score (nSPS) is 17.6. The molecule has 1 fully saturated rings. The van der Waals surface area contributed by atoms with Crippen molar-refractivity contribution in [3.05, 3.63) is 48.0 Å². The first-order chi connectivity index (χ1) is 13.0. The highest BCUT2D eigenvalue weighted by atomic mass is 16.6. The van der Waals surface area contributed by atoms with Crippen LogP contribution in [0, 0.1) is 0 Å². The van der Waals surface area contributed by atoms with Crippen LogP contribution in [-0.4, -0.2) is 58.4 Å². The van der Waals surface area contributed by atoms with E-state index in [1.807, 2.05) is 46.8 Å². The van der Waals surface area contributed by atoms with Crippen molar-refractivity contribution >= 4 is 16.9 Å². The van der Waals surface area contributed by atoms with E-state index in [4.69, 9.17) is 4.74 Å². The summed E-state index contributed by atoms with van der Waals surface area (Å²) in [6, 6.07) is 14.5. The van der Waals surface area contributed by atoms with E-state index in [2.05, 4.69) is 35.2 Å². The van der Waals surface area contributed by atoms with Gasteiger partial charge in [0.05, 0.1) is 11.6 Å². The molecule has 1 unspecified atom stereocenters. The summed E-state index contributed by atoms with van der Waals surface area (Å²) in [5.41, 5.74) is -0.303. The fraction of sp³-hybridized carbons (Fsp3) is 0.522. The lowest BCUT2D eigenvalue weighted by atomic mass is 9.88. The molecule has 0 bridgehead atoms. The number of rotatable bonds is 3. The Hall–Kier alpha value is -2.11. The molecule has 2 aromatic carbocycles. The fourth-order valence-corrected chi connectivity index (χ4v) is 3.93. The van der Waals surface area contributed by atoms with E-state index in [0.29, 0.717) is 26.2 Å². The lowest BCUT2D eigenvalue weighted by Crippen LogP contribution is -2.54. The molecule has 1 aliphatic heterocycles. The molecule has 3 rings (SSSR count). The quantitative estimate of drug-likeness (QED) is 0.861. The number of carbonyl (C=O) groups excluding carboxylic acids is 1. The van der Waals surface area contributed by atoms with Gasteiger partial charge in [0.2, 0.25) is 0 Å². The van der Waals surface area contributed by atoms with Gasteiger partial charge in [-0.15, -0.1) is 0 Å². The summed E-state index contributed by atoms with van der Waals surface area (Å²) in [5.74, 6) is 0. The highest BCUT2D eigenvalue weighted by Crippen LogP contribution is 2.34. The molecule has 152 valence electrons. The molecule has 1 atom stereocenters. The van der Waals surface area contributed by atoms with Crippen LogP contribution in [0.5, 0.6) is 0 Å². The van der Waals surface area contributed by atoms with E-state index < -0.39 is 11.2 Å². The van der Waals surface area contributed by atoms with Crippen molar-refractivity contribution in [3.8, 4) is 0 Å². The maximum Gasteiger partial charge on any atom is 0.410 e. The molecule has 1 N–H and O–H groups in total. The molecule has 0 aliphatic carbocycles. The van der Waals surface area contributed by atoms with Crippen LogP contribution in [0.25, 0.3) is 10.8 Å². The zero-order valence-electron chi connectivity index (χ0n) is 17.6. The maximum absolute atomic E-state index is 12.3. The van der Waals surface area contributed by atoms with Crippen molar-refractivity contribution in [2.75, 3.05) is 26.2 Å². The Morgan fingerprint density at radius 3 is 2.14 bits per heavy atom. The second-order valence-electron chi connectivity index (χ2n) is 9.17. The zero-order chi connectivity index (χ0) is 20.5. The first kappa shape index (κ1) is 20.6. The van der Waals surface area contributed by atoms with E-state index in [1.54, 1.807) is 4.90 Å². The van der Waals surface area contributed by atoms with Crippen LogP contribution in [0.2, 0.25) is 0 Å². The van der Waals surface area contributed by atoms with Crippen molar-refractivity contribution in [1.29, 1.82) is 0 Å². The number of benzene rings is 2. The van der Waals surface area contributed by atoms with Crippen LogP contribution >= 0.6 is 0 Å². The van der Waals surface area contributed by atoms with E-state index in [-0.39, 0.29) is 12.1 Å². The Balaban J connectivity index is 1.77. The summed E-state index contributed by atoms with van der Waals surface area (Å²) >= 11 is 0. The average Bonchev–Trinajstić information content (AvgIpc) is 2.60. The first-order valence-corrected chi connectivity index (χ1v) is 9.98. The van der Waals surface area contributed by atoms with Gasteiger partial charge in [-0.3, -0.25) is 4.90 Å². The lowest BCUT2D eigenvalue weighted by molar-refractivity contribution is -0.0414. The van der Waals surface area contributed by atoms with E-state index >= 15 is 0 Å². The van der Waals surface area contributed by atoms with Gasteiger partial charge in [-0.25, -0.2) is 4.79 Å². The molecule has 1 aliphatic rings. The van der Waals surface area contributed by atoms with Gasteiger partial charge in [0.25, 0.3) is 0 Å². The number of aliphatic hydroxyl groups is 1. The van der Waals surface area contributed by atoms with Gasteiger partial charge < -0.3 is 14.7 Å². The number of amides is 1. The third kappa shape index (κ3) is 4.83. The highest BCUT2D eigenvalue weighted by Gasteiger charge is 2.36. The SMILES string of the molecule is CC(C)(C)OC(=O)N1CCN(C(c2ccc3ccccc3c2)C(C)(C)O)CC1. The average molecular weight is 385 g/mol. The molecule has 5 heteroatoms. The first-order valence-electron chi connectivity index (χ1n) is 9.98. The minimum atomic E-state index is -0.906. The van der Waals surface area contributed by atoms with Gasteiger partial charge in [0.15, 0.2) is 0 Å². The van der Waals surface area contributed by atoms with Crippen LogP contribution < -0.4 is 0 Å². The van der Waals surface area contributed by atoms with Crippen molar-refractivity contribution in [3.63, 3.8) is 0 Å². The number of nitrogens with zero attached hydrogens (tertiary/aromatic N) is 2. The molecule has 28 heavy (non-hydrogen) atoms. The highest BCUT2D eigenvalue weighted by molar-refractivity contribution is 5.83. The Morgan fingerprint density at radius 2 is 1.57 bits per heavy atom. The molecular weight excluding hydrogens is 352 g/mol. The summed E-state index contributed by atoms with van der Waals surface area (Å²) < 4.78 is 5.49. The Labute approximate surface area is 167 Å². The second-order valence-corrected chi connectivity index (χ2v) is 9.17. The molecule has 0 spiro atoms. The lowest BCUT2D eigenvalue weighted by Gasteiger charge is -2.44. The summed E-state index contributed by atoms with van der Waals surface area (Å²) in [6.45, 7) is 11.9. The van der Waals surface area contributed by atoms with E-state index in [9.17, 15) is 9.90 Å². The van der Waals surface area contributed by atoms with Crippen molar-refractivity contribution in [1.82, 2.24) is 9.80 Å². The number of hydrogen-bond donors (Lipinski definition) is 1. The molecule has 1 saturated heterocycles. The topological polar surface area (TPSA) is 53.0 Å². The van der Waals surface area contributed by atoms with Gasteiger partial charge in [0.1, 0.15) is 5.60 Å². The predicted molar refractivity (Wildman–Crippen MR) is 112 cm³/mol. The predicted octanol–water partition coefficient (Wildman–Crippen LogP) is 4.20. The molecule has 1 heterocycles. The van der Waals surface area contributed by atoms with Gasteiger partial charge in [-0.2, -0.15) is 0 Å². The standard InChI is InChI=1S/C23H32N2O3/c1-22(2,3)28-21(26)25-14-12-24(13-15-25)20(23(4,5)27)19-11-10-17-8-6-7-9-18(17)16-19/h6-11,16,20,27H,12-15H2,1-5H3. The Morgan fingerprint density at radius 1 is 0.964 bits per heavy atom. The van der Waals surface area contributed by atoms with Gasteiger partial charge >= 0.3 is 6.09 Å². The summed E-state index contributed by atoms with van der Waals surface area (Å²) in [5, 5.41) is 13.3. The molecule has 1 amide bonds. The molecule has 5 nitrogen and oxygen atoms in total. The van der Waals surface area contributed by atoms with Gasteiger partial charge in [-0.1, -0.05) is 36.4 Å². The second kappa shape index (κ2) is 7.72. The van der Waals surface area contributed by atoms with Crippen molar-refractivity contribution in [2.45, 2.75) is 51.9 Å². The molecule has 0 saturated carbocycles. The van der Waals surface area contributed by atoms with Gasteiger partial charge in [0, 0.05) is 26.2 Å². The molecular formula is C23H32N2O3. The number of carbonyl (C=O) groups is 1. The van der Waals surface area contributed by atoms with E-state index in [1.165, 1.54) is 10.8 Å². The van der Waals surface area contributed by atoms with Crippen molar-refractivity contribution in [2.24, 2.45) is 0 Å². The smallest absolute Gasteiger partial charge is 0.410 e. The molecule has 0 radical (unpaired) electrons. The number of fused-ring (bicyclic) bond motifs is 1. The monoisotopic (exact) mass is 384 g/mol. The maximum atomic E-state index is 12.3. The number of hydrogen-bond acceptors (Lipinski definition) is 4. The van der Waals surface area contributed by atoms with Crippen LogP contribution in [0.15, 0.2) is 42.5 Å². The summed E-state index contributed by atoms with van der Waals surface area (Å²) in [7, 11) is 0. The molecule has 2 aromatic rings. The van der Waals surface area contributed by atoms with Crippen molar-refractivity contribution < 1.29 is 14.6 Å². The Bertz CT molecular complexity index is 828. The minimum absolute atomic E-state index is 0.141. The summed E-state index contributed by atoms with van der Waals surface area (Å²) in [6.07, 6.45) is -0.266. The molecule has 0 aromatic heterocycles. The largest absolute Gasteiger partial charge is 0.444 e. The number of ether oxygens (including phenoxy) is 1. The van der Waals surface area contributed by atoms with Crippen LogP contribution in [0.3, 0.4) is 0 Å². The van der Waals surface area contributed by atoms with E-state index in [0.717, 1.165) is 5.56 Å². The third-order valence-corrected chi connectivity index (χ3v) is 5.09. The summed E-state index contributed by atoms with van der Waals surface area (Å²) in [4.78, 5) is 16.4. The zero-order valence-corrected chi connectivity index (χ0v) is 17.6. The minimum Gasteiger partial charge on any atom is -0.444 e. The third-order valence-electron chi connectivity index (χ3n) is 5.09.